The first-order chi connectivity index (χ1) is 9.72. The summed E-state index contributed by atoms with van der Waals surface area (Å²) < 4.78 is 7.88. The number of hydrogen-bond acceptors (Lipinski definition) is 3. The monoisotopic (exact) mass is 336 g/mol. The first-order valence-corrected chi connectivity index (χ1v) is 7.84. The topological polar surface area (TPSA) is 48.0 Å². The molecule has 0 radical (unpaired) electrons. The Bertz CT molecular complexity index is 597. The zero-order chi connectivity index (χ0) is 13.9. The summed E-state index contributed by atoms with van der Waals surface area (Å²) in [7, 11) is 0. The number of hydrogen-bond donors (Lipinski definition) is 0. The van der Waals surface area contributed by atoms with Gasteiger partial charge in [0.1, 0.15) is 0 Å². The van der Waals surface area contributed by atoms with E-state index in [0.29, 0.717) is 22.9 Å². The molecular weight excluding hydrogens is 320 g/mol. The van der Waals surface area contributed by atoms with E-state index in [4.69, 9.17) is 4.42 Å². The molecule has 4 nitrogen and oxygen atoms in total. The lowest BCUT2D eigenvalue weighted by atomic mass is 9.96. The smallest absolute Gasteiger partial charge is 0.204 e. The normalized spacial score (nSPS) is 16.4. The lowest BCUT2D eigenvalue weighted by Crippen LogP contribution is -2.14. The highest BCUT2D eigenvalue weighted by Crippen LogP contribution is 2.27. The molecule has 0 unspecified atom stereocenters. The van der Waals surface area contributed by atoms with Gasteiger partial charge in [-0.25, -0.2) is 0 Å². The summed E-state index contributed by atoms with van der Waals surface area (Å²) >= 11 is 3.20. The van der Waals surface area contributed by atoms with E-state index in [1.165, 1.54) is 32.1 Å². The zero-order valence-corrected chi connectivity index (χ0v) is 12.8. The molecule has 1 aliphatic rings. The summed E-state index contributed by atoms with van der Waals surface area (Å²) in [6, 6.07) is 5.86. The Morgan fingerprint density at radius 1 is 1.30 bits per heavy atom. The van der Waals surface area contributed by atoms with Crippen LogP contribution in [0.15, 0.2) is 33.5 Å². The van der Waals surface area contributed by atoms with Gasteiger partial charge in [-0.2, -0.15) is 5.10 Å². The molecule has 0 saturated heterocycles. The third-order valence-corrected chi connectivity index (χ3v) is 4.23. The van der Waals surface area contributed by atoms with Crippen LogP contribution in [0, 0.1) is 0 Å². The van der Waals surface area contributed by atoms with Gasteiger partial charge in [0.2, 0.25) is 5.78 Å². The average molecular weight is 337 g/mol. The number of Topliss-reactive ketones (excluding diaryl/α,β-unsaturated/α-hetero) is 1. The second-order valence-electron chi connectivity index (χ2n) is 5.28. The number of halogens is 1. The molecule has 1 saturated carbocycles. The van der Waals surface area contributed by atoms with Crippen molar-refractivity contribution in [3.8, 4) is 0 Å². The lowest BCUT2D eigenvalue weighted by Gasteiger charge is -2.21. The molecule has 0 aromatic carbocycles. The van der Waals surface area contributed by atoms with Crippen molar-refractivity contribution in [3.63, 3.8) is 0 Å². The molecule has 106 valence electrons. The van der Waals surface area contributed by atoms with Crippen LogP contribution in [0.5, 0.6) is 0 Å². The molecule has 20 heavy (non-hydrogen) atoms. The number of nitrogens with zero attached hydrogens (tertiary/aromatic N) is 2. The van der Waals surface area contributed by atoms with Gasteiger partial charge in [0.25, 0.3) is 0 Å². The van der Waals surface area contributed by atoms with E-state index < -0.39 is 0 Å². The second-order valence-corrected chi connectivity index (χ2v) is 6.06. The van der Waals surface area contributed by atoms with E-state index in [9.17, 15) is 4.79 Å². The van der Waals surface area contributed by atoms with Crippen LogP contribution in [0.4, 0.5) is 0 Å². The van der Waals surface area contributed by atoms with Crippen LogP contribution < -0.4 is 0 Å². The molecular formula is C15H17BrN2O2. The first kappa shape index (κ1) is 13.6. The largest absolute Gasteiger partial charge is 0.446 e. The van der Waals surface area contributed by atoms with Crippen LogP contribution in [-0.2, 0) is 6.42 Å². The van der Waals surface area contributed by atoms with Crippen molar-refractivity contribution in [2.24, 2.45) is 0 Å². The highest BCUT2D eigenvalue weighted by molar-refractivity contribution is 9.10. The molecule has 2 aromatic rings. The van der Waals surface area contributed by atoms with Gasteiger partial charge in [0, 0.05) is 6.20 Å². The number of carbonyl (C=O) groups is 1. The molecule has 1 aliphatic carbocycles. The van der Waals surface area contributed by atoms with Gasteiger partial charge in [0.15, 0.2) is 10.4 Å². The molecule has 3 rings (SSSR count). The van der Waals surface area contributed by atoms with Gasteiger partial charge in [-0.15, -0.1) is 0 Å². The van der Waals surface area contributed by atoms with Crippen molar-refractivity contribution in [1.82, 2.24) is 9.78 Å². The molecule has 0 N–H and O–H groups in total. The Labute approximate surface area is 126 Å². The first-order valence-electron chi connectivity index (χ1n) is 7.05. The van der Waals surface area contributed by atoms with Crippen molar-refractivity contribution in [2.45, 2.75) is 44.6 Å². The number of rotatable bonds is 4. The zero-order valence-electron chi connectivity index (χ0n) is 11.2. The molecule has 0 aliphatic heterocycles. The van der Waals surface area contributed by atoms with Gasteiger partial charge in [-0.05, 0) is 47.0 Å². The summed E-state index contributed by atoms with van der Waals surface area (Å²) in [5.74, 6) is 0.341. The average Bonchev–Trinajstić information content (AvgIpc) is 3.09. The Hall–Kier alpha value is -1.36. The third kappa shape index (κ3) is 3.03. The van der Waals surface area contributed by atoms with Crippen LogP contribution in [-0.4, -0.2) is 15.6 Å². The lowest BCUT2D eigenvalue weighted by molar-refractivity contribution is 0.0963. The summed E-state index contributed by atoms with van der Waals surface area (Å²) in [6.07, 6.45) is 8.56. The SMILES string of the molecule is O=C(Cc1ccn(C2CCCCC2)n1)c1ccc(Br)o1. The second kappa shape index (κ2) is 5.95. The van der Waals surface area contributed by atoms with Crippen LogP contribution in [0.2, 0.25) is 0 Å². The van der Waals surface area contributed by atoms with Crippen LogP contribution in [0.3, 0.4) is 0 Å². The standard InChI is InChI=1S/C15H17BrN2O2/c16-15-7-6-14(20-15)13(19)10-11-8-9-18(17-11)12-4-2-1-3-5-12/h6-9,12H,1-5,10H2. The van der Waals surface area contributed by atoms with E-state index in [-0.39, 0.29) is 5.78 Å². The fraction of sp³-hybridized carbons (Fsp3) is 0.467. The predicted molar refractivity (Wildman–Crippen MR) is 78.8 cm³/mol. The Balaban J connectivity index is 1.66. The van der Waals surface area contributed by atoms with Crippen LogP contribution in [0.25, 0.3) is 0 Å². The van der Waals surface area contributed by atoms with Gasteiger partial charge in [-0.3, -0.25) is 9.48 Å². The fourth-order valence-electron chi connectivity index (χ4n) is 2.74. The van der Waals surface area contributed by atoms with Gasteiger partial charge in [0.05, 0.1) is 18.2 Å². The van der Waals surface area contributed by atoms with E-state index in [1.54, 1.807) is 12.1 Å². The summed E-state index contributed by atoms with van der Waals surface area (Å²) in [6.45, 7) is 0. The molecule has 0 spiro atoms. The Kier molecular flexibility index (Phi) is 4.05. The molecule has 2 aromatic heterocycles. The van der Waals surface area contributed by atoms with E-state index in [1.807, 2.05) is 16.9 Å². The molecule has 2 heterocycles. The van der Waals surface area contributed by atoms with Crippen molar-refractivity contribution in [1.29, 1.82) is 0 Å². The summed E-state index contributed by atoms with van der Waals surface area (Å²) in [5, 5.41) is 4.55. The van der Waals surface area contributed by atoms with E-state index >= 15 is 0 Å². The maximum atomic E-state index is 12.0. The Morgan fingerprint density at radius 3 is 2.80 bits per heavy atom. The number of aromatic nitrogens is 2. The fourth-order valence-corrected chi connectivity index (χ4v) is 3.04. The molecule has 1 fully saturated rings. The Morgan fingerprint density at radius 2 is 2.10 bits per heavy atom. The summed E-state index contributed by atoms with van der Waals surface area (Å²) in [4.78, 5) is 12.0. The van der Waals surface area contributed by atoms with Crippen LogP contribution >= 0.6 is 15.9 Å². The number of carbonyl (C=O) groups excluding carboxylic acids is 1. The van der Waals surface area contributed by atoms with Crippen molar-refractivity contribution >= 4 is 21.7 Å². The van der Waals surface area contributed by atoms with E-state index in [0.717, 1.165) is 5.69 Å². The minimum absolute atomic E-state index is 0.0374. The van der Waals surface area contributed by atoms with Gasteiger partial charge in [-0.1, -0.05) is 19.3 Å². The molecule has 0 bridgehead atoms. The molecule has 0 atom stereocenters. The van der Waals surface area contributed by atoms with Crippen molar-refractivity contribution in [2.75, 3.05) is 0 Å². The maximum absolute atomic E-state index is 12.0. The predicted octanol–water partition coefficient (Wildman–Crippen LogP) is 4.17. The third-order valence-electron chi connectivity index (χ3n) is 3.80. The quantitative estimate of drug-likeness (QED) is 0.787. The summed E-state index contributed by atoms with van der Waals surface area (Å²) in [5.41, 5.74) is 0.813. The maximum Gasteiger partial charge on any atom is 0.204 e. The minimum Gasteiger partial charge on any atom is -0.446 e. The highest BCUT2D eigenvalue weighted by Gasteiger charge is 2.18. The number of ketones is 1. The molecule has 5 heteroatoms. The van der Waals surface area contributed by atoms with Gasteiger partial charge < -0.3 is 4.42 Å². The number of furan rings is 1. The van der Waals surface area contributed by atoms with E-state index in [2.05, 4.69) is 21.0 Å². The highest BCUT2D eigenvalue weighted by atomic mass is 79.9. The minimum atomic E-state index is -0.0374. The van der Waals surface area contributed by atoms with Crippen molar-refractivity contribution < 1.29 is 9.21 Å². The molecule has 0 amide bonds. The van der Waals surface area contributed by atoms with Crippen molar-refractivity contribution in [3.05, 3.63) is 40.5 Å². The van der Waals surface area contributed by atoms with Crippen LogP contribution in [0.1, 0.15) is 54.4 Å². The van der Waals surface area contributed by atoms with Gasteiger partial charge >= 0.3 is 0 Å².